The molecule has 2 rings (SSSR count). The van der Waals surface area contributed by atoms with Crippen LogP contribution in [-0.4, -0.2) is 38.7 Å². The smallest absolute Gasteiger partial charge is 0.211 e. The average Bonchev–Trinajstić information content (AvgIpc) is 2.28. The summed E-state index contributed by atoms with van der Waals surface area (Å²) in [5, 5.41) is 0.627. The van der Waals surface area contributed by atoms with Crippen molar-refractivity contribution in [3.8, 4) is 0 Å². The number of ether oxygens (including phenoxy) is 1. The molecule has 0 aromatic heterocycles. The van der Waals surface area contributed by atoms with Crippen LogP contribution in [-0.2, 0) is 14.8 Å². The van der Waals surface area contributed by atoms with E-state index in [2.05, 4.69) is 0 Å². The van der Waals surface area contributed by atoms with E-state index in [1.165, 1.54) is 10.6 Å². The third-order valence-electron chi connectivity index (χ3n) is 2.72. The zero-order chi connectivity index (χ0) is 12.5. The molecule has 17 heavy (non-hydrogen) atoms. The number of nitrogens with zero attached hydrogens (tertiary/aromatic N) is 1. The second-order valence-electron chi connectivity index (χ2n) is 4.04. The van der Waals surface area contributed by atoms with Gasteiger partial charge in [0.15, 0.2) is 0 Å². The Balaban J connectivity index is 2.18. The van der Waals surface area contributed by atoms with Crippen LogP contribution in [0.2, 0.25) is 5.02 Å². The van der Waals surface area contributed by atoms with Gasteiger partial charge in [-0.2, -0.15) is 4.31 Å². The van der Waals surface area contributed by atoms with Gasteiger partial charge < -0.3 is 4.74 Å². The van der Waals surface area contributed by atoms with E-state index in [1.807, 2.05) is 12.1 Å². The summed E-state index contributed by atoms with van der Waals surface area (Å²) in [6.45, 7) is 1.17. The third kappa shape index (κ3) is 3.19. The van der Waals surface area contributed by atoms with E-state index < -0.39 is 10.0 Å². The van der Waals surface area contributed by atoms with Crippen molar-refractivity contribution in [1.82, 2.24) is 4.31 Å². The molecule has 1 saturated heterocycles. The molecule has 6 heteroatoms. The second-order valence-corrected chi connectivity index (χ2v) is 6.45. The van der Waals surface area contributed by atoms with Crippen LogP contribution >= 0.6 is 11.6 Å². The molecule has 1 aliphatic rings. The van der Waals surface area contributed by atoms with E-state index in [1.54, 1.807) is 12.1 Å². The van der Waals surface area contributed by atoms with Crippen molar-refractivity contribution in [3.63, 3.8) is 0 Å². The number of rotatable bonds is 2. The van der Waals surface area contributed by atoms with E-state index in [9.17, 15) is 8.42 Å². The van der Waals surface area contributed by atoms with E-state index in [4.69, 9.17) is 16.3 Å². The van der Waals surface area contributed by atoms with Crippen LogP contribution in [0.4, 0.5) is 0 Å². The fourth-order valence-corrected chi connectivity index (χ4v) is 2.85. The van der Waals surface area contributed by atoms with Crippen LogP contribution in [0.25, 0.3) is 0 Å². The minimum absolute atomic E-state index is 0.239. The third-order valence-corrected chi connectivity index (χ3v) is 4.22. The minimum atomic E-state index is -3.16. The predicted octanol–water partition coefficient (Wildman–Crippen LogP) is 1.67. The molecule has 0 radical (unpaired) electrons. The molecule has 0 saturated carbocycles. The summed E-state index contributed by atoms with van der Waals surface area (Å²) in [6, 6.07) is 7.31. The molecule has 0 amide bonds. The van der Waals surface area contributed by atoms with Crippen molar-refractivity contribution >= 4 is 21.6 Å². The summed E-state index contributed by atoms with van der Waals surface area (Å²) < 4.78 is 30.0. The zero-order valence-corrected chi connectivity index (χ0v) is 11.0. The topological polar surface area (TPSA) is 46.6 Å². The van der Waals surface area contributed by atoms with Gasteiger partial charge in [0, 0.05) is 18.1 Å². The molecular formula is C11H14ClNO3S. The molecule has 1 fully saturated rings. The SMILES string of the molecule is CS(=O)(=O)N1CCO[C@H](c2cccc(Cl)c2)C1. The Bertz CT molecular complexity index is 503. The number of sulfonamides is 1. The van der Waals surface area contributed by atoms with Crippen LogP contribution in [0, 0.1) is 0 Å². The first-order valence-corrected chi connectivity index (χ1v) is 7.51. The van der Waals surface area contributed by atoms with Crippen LogP contribution < -0.4 is 0 Å². The molecule has 0 N–H and O–H groups in total. The fraction of sp³-hybridized carbons (Fsp3) is 0.455. The Morgan fingerprint density at radius 1 is 1.47 bits per heavy atom. The van der Waals surface area contributed by atoms with Gasteiger partial charge in [-0.25, -0.2) is 8.42 Å². The number of hydrogen-bond donors (Lipinski definition) is 0. The number of hydrogen-bond acceptors (Lipinski definition) is 3. The number of benzene rings is 1. The van der Waals surface area contributed by atoms with Crippen molar-refractivity contribution in [3.05, 3.63) is 34.9 Å². The highest BCUT2D eigenvalue weighted by Crippen LogP contribution is 2.25. The predicted molar refractivity (Wildman–Crippen MR) is 66.6 cm³/mol. The lowest BCUT2D eigenvalue weighted by Gasteiger charge is -2.31. The van der Waals surface area contributed by atoms with E-state index in [-0.39, 0.29) is 6.10 Å². The van der Waals surface area contributed by atoms with Gasteiger partial charge in [0.25, 0.3) is 0 Å². The minimum Gasteiger partial charge on any atom is -0.371 e. The maximum Gasteiger partial charge on any atom is 0.211 e. The normalized spacial score (nSPS) is 22.6. The first-order valence-electron chi connectivity index (χ1n) is 5.29. The van der Waals surface area contributed by atoms with Crippen molar-refractivity contribution < 1.29 is 13.2 Å². The molecule has 1 atom stereocenters. The van der Waals surface area contributed by atoms with Gasteiger partial charge in [-0.05, 0) is 17.7 Å². The van der Waals surface area contributed by atoms with Gasteiger partial charge in [0.2, 0.25) is 10.0 Å². The average molecular weight is 276 g/mol. The highest BCUT2D eigenvalue weighted by molar-refractivity contribution is 7.88. The first kappa shape index (κ1) is 12.8. The van der Waals surface area contributed by atoms with Crippen molar-refractivity contribution in [2.45, 2.75) is 6.10 Å². The van der Waals surface area contributed by atoms with E-state index in [0.29, 0.717) is 24.7 Å². The van der Waals surface area contributed by atoms with Gasteiger partial charge in [-0.15, -0.1) is 0 Å². The maximum atomic E-state index is 11.5. The molecule has 1 aliphatic heterocycles. The van der Waals surface area contributed by atoms with Gasteiger partial charge >= 0.3 is 0 Å². The zero-order valence-electron chi connectivity index (χ0n) is 9.47. The summed E-state index contributed by atoms with van der Waals surface area (Å²) in [5.74, 6) is 0. The Morgan fingerprint density at radius 3 is 2.88 bits per heavy atom. The standard InChI is InChI=1S/C11H14ClNO3S/c1-17(14,15)13-5-6-16-11(8-13)9-3-2-4-10(12)7-9/h2-4,7,11H,5-6,8H2,1H3/t11-/m0/s1. The fourth-order valence-electron chi connectivity index (χ4n) is 1.84. The van der Waals surface area contributed by atoms with Crippen molar-refractivity contribution in [2.24, 2.45) is 0 Å². The van der Waals surface area contributed by atoms with E-state index in [0.717, 1.165) is 5.56 Å². The number of halogens is 1. The lowest BCUT2D eigenvalue weighted by molar-refractivity contribution is -0.00233. The summed E-state index contributed by atoms with van der Waals surface area (Å²) in [7, 11) is -3.16. The summed E-state index contributed by atoms with van der Waals surface area (Å²) in [6.07, 6.45) is 0.977. The molecule has 1 heterocycles. The molecule has 0 spiro atoms. The summed E-state index contributed by atoms with van der Waals surface area (Å²) >= 11 is 5.90. The number of morpholine rings is 1. The monoisotopic (exact) mass is 275 g/mol. The highest BCUT2D eigenvalue weighted by atomic mass is 35.5. The van der Waals surface area contributed by atoms with E-state index >= 15 is 0 Å². The molecule has 0 unspecified atom stereocenters. The van der Waals surface area contributed by atoms with Crippen LogP contribution in [0.5, 0.6) is 0 Å². The summed E-state index contributed by atoms with van der Waals surface area (Å²) in [4.78, 5) is 0. The Hall–Kier alpha value is -0.620. The lowest BCUT2D eigenvalue weighted by atomic mass is 10.1. The Morgan fingerprint density at radius 2 is 2.24 bits per heavy atom. The lowest BCUT2D eigenvalue weighted by Crippen LogP contribution is -2.41. The molecule has 94 valence electrons. The van der Waals surface area contributed by atoms with Gasteiger partial charge in [-0.1, -0.05) is 23.7 Å². The molecule has 0 bridgehead atoms. The molecule has 1 aromatic rings. The highest BCUT2D eigenvalue weighted by Gasteiger charge is 2.27. The largest absolute Gasteiger partial charge is 0.371 e. The van der Waals surface area contributed by atoms with Gasteiger partial charge in [0.1, 0.15) is 0 Å². The second kappa shape index (κ2) is 4.94. The molecule has 1 aromatic carbocycles. The quantitative estimate of drug-likeness (QED) is 0.825. The summed E-state index contributed by atoms with van der Waals surface area (Å²) in [5.41, 5.74) is 0.908. The Labute approximate surface area is 106 Å². The Kier molecular flexibility index (Phi) is 3.73. The maximum absolute atomic E-state index is 11.5. The van der Waals surface area contributed by atoms with Gasteiger partial charge in [0.05, 0.1) is 19.0 Å². The first-order chi connectivity index (χ1) is 7.97. The van der Waals surface area contributed by atoms with Crippen LogP contribution in [0.15, 0.2) is 24.3 Å². The van der Waals surface area contributed by atoms with Crippen LogP contribution in [0.1, 0.15) is 11.7 Å². The molecular weight excluding hydrogens is 262 g/mol. The van der Waals surface area contributed by atoms with Crippen molar-refractivity contribution in [2.75, 3.05) is 26.0 Å². The molecule has 0 aliphatic carbocycles. The van der Waals surface area contributed by atoms with Crippen molar-refractivity contribution in [1.29, 1.82) is 0 Å². The molecule has 4 nitrogen and oxygen atoms in total. The van der Waals surface area contributed by atoms with Gasteiger partial charge in [-0.3, -0.25) is 0 Å². The van der Waals surface area contributed by atoms with Crippen LogP contribution in [0.3, 0.4) is 0 Å².